The van der Waals surface area contributed by atoms with Crippen molar-refractivity contribution in [1.29, 1.82) is 0 Å². The van der Waals surface area contributed by atoms with E-state index in [1.807, 2.05) is 0 Å². The molecule has 0 aliphatic heterocycles. The van der Waals surface area contributed by atoms with Crippen LogP contribution in [0.3, 0.4) is 0 Å². The number of aromatic nitrogens is 4. The summed E-state index contributed by atoms with van der Waals surface area (Å²) in [4.78, 5) is 30.2. The van der Waals surface area contributed by atoms with Crippen LogP contribution in [0.4, 0.5) is 13.2 Å². The van der Waals surface area contributed by atoms with Gasteiger partial charge in [0.25, 0.3) is 5.91 Å². The van der Waals surface area contributed by atoms with Crippen molar-refractivity contribution in [2.24, 2.45) is 5.73 Å². The van der Waals surface area contributed by atoms with E-state index >= 15 is 0 Å². The number of amides is 1. The van der Waals surface area contributed by atoms with Crippen molar-refractivity contribution >= 4 is 16.8 Å². The lowest BCUT2D eigenvalue weighted by Gasteiger charge is -2.24. The number of nitrogens with zero attached hydrogens (tertiary/aromatic N) is 4. The molecule has 0 fully saturated rings. The third-order valence-corrected chi connectivity index (χ3v) is 6.19. The fraction of sp³-hybridized carbons (Fsp3) is 0.320. The van der Waals surface area contributed by atoms with E-state index in [1.165, 1.54) is 19.2 Å². The quantitative estimate of drug-likeness (QED) is 0.399. The number of nitrogens with one attached hydrogen (secondary N) is 1. The lowest BCUT2D eigenvalue weighted by atomic mass is 9.95. The predicted octanol–water partition coefficient (Wildman–Crippen LogP) is 4.53. The first kappa shape index (κ1) is 24.6. The number of aryl methyl sites for hydroxylation is 1. The number of benzene rings is 1. The molecule has 37 heavy (non-hydrogen) atoms. The second kappa shape index (κ2) is 9.43. The Hall–Kier alpha value is -4.06. The highest BCUT2D eigenvalue weighted by atomic mass is 19.4. The van der Waals surface area contributed by atoms with Gasteiger partial charge in [-0.2, -0.15) is 13.2 Å². The number of rotatable bonds is 5. The summed E-state index contributed by atoms with van der Waals surface area (Å²) in [5.41, 5.74) is 6.89. The molecule has 3 heterocycles. The Balaban J connectivity index is 1.55. The number of hydrogen-bond acceptors (Lipinski definition) is 8. The van der Waals surface area contributed by atoms with Crippen molar-refractivity contribution in [3.8, 4) is 17.2 Å². The van der Waals surface area contributed by atoms with Gasteiger partial charge < -0.3 is 20.2 Å². The number of methoxy groups -OCH3 is 1. The van der Waals surface area contributed by atoms with E-state index in [0.29, 0.717) is 23.1 Å². The lowest BCUT2D eigenvalue weighted by Crippen LogP contribution is -2.33. The molecule has 5 rings (SSSR count). The standard InChI is InChI=1S/C25H23F3N6O3/c1-12(29)22-21(23(35)32-16-5-3-4-15-20(16)31-11-10-30-15)34-24(37-22)14-6-8-17(36-2)19-13(14)7-9-18(33-19)25(26,27)28/h6-12,16H,3-5,29H2,1-2H3,(H,32,35)/t12-,16?/m0/s1. The zero-order valence-electron chi connectivity index (χ0n) is 20.0. The van der Waals surface area contributed by atoms with E-state index in [9.17, 15) is 18.0 Å². The molecule has 4 aromatic rings. The predicted molar refractivity (Wildman–Crippen MR) is 127 cm³/mol. The fourth-order valence-corrected chi connectivity index (χ4v) is 4.46. The van der Waals surface area contributed by atoms with Crippen molar-refractivity contribution < 1.29 is 27.1 Å². The molecule has 1 aliphatic rings. The maximum atomic E-state index is 13.3. The Morgan fingerprint density at radius 3 is 2.70 bits per heavy atom. The van der Waals surface area contributed by atoms with Gasteiger partial charge in [0.1, 0.15) is 17.0 Å². The molecule has 0 saturated heterocycles. The number of ether oxygens (including phenoxy) is 1. The van der Waals surface area contributed by atoms with E-state index in [0.717, 1.165) is 24.6 Å². The minimum absolute atomic E-state index is 0.00940. The summed E-state index contributed by atoms with van der Waals surface area (Å²) < 4.78 is 51.0. The first-order valence-corrected chi connectivity index (χ1v) is 11.6. The lowest BCUT2D eigenvalue weighted by molar-refractivity contribution is -0.140. The summed E-state index contributed by atoms with van der Waals surface area (Å²) in [6.07, 6.45) is 0.874. The van der Waals surface area contributed by atoms with E-state index in [-0.39, 0.29) is 34.7 Å². The molecule has 3 aromatic heterocycles. The highest BCUT2D eigenvalue weighted by Gasteiger charge is 2.34. The monoisotopic (exact) mass is 512 g/mol. The second-order valence-electron chi connectivity index (χ2n) is 8.73. The molecule has 192 valence electrons. The first-order chi connectivity index (χ1) is 17.7. The van der Waals surface area contributed by atoms with Crippen LogP contribution in [0, 0.1) is 0 Å². The molecule has 0 saturated carbocycles. The van der Waals surface area contributed by atoms with E-state index in [4.69, 9.17) is 14.9 Å². The molecule has 0 radical (unpaired) electrons. The van der Waals surface area contributed by atoms with Crippen molar-refractivity contribution in [3.63, 3.8) is 0 Å². The molecule has 12 heteroatoms. The van der Waals surface area contributed by atoms with Crippen molar-refractivity contribution in [1.82, 2.24) is 25.3 Å². The van der Waals surface area contributed by atoms with Crippen LogP contribution in [0.1, 0.15) is 65.2 Å². The van der Waals surface area contributed by atoms with Crippen molar-refractivity contribution in [2.75, 3.05) is 7.11 Å². The van der Waals surface area contributed by atoms with Gasteiger partial charge in [0.15, 0.2) is 11.5 Å². The largest absolute Gasteiger partial charge is 0.494 e. The molecule has 1 aromatic carbocycles. The van der Waals surface area contributed by atoms with Crippen LogP contribution in [-0.2, 0) is 12.6 Å². The third-order valence-electron chi connectivity index (χ3n) is 6.19. The number of hydrogen-bond donors (Lipinski definition) is 2. The molecule has 0 bridgehead atoms. The SMILES string of the molecule is COc1ccc(-c2nc(C(=O)NC3CCCc4nccnc43)c([C@H](C)N)o2)c2ccc(C(F)(F)F)nc12. The molecule has 1 amide bonds. The minimum atomic E-state index is -4.63. The number of carbonyl (C=O) groups is 1. The third kappa shape index (κ3) is 4.59. The number of carbonyl (C=O) groups excluding carboxylic acids is 1. The van der Waals surface area contributed by atoms with Gasteiger partial charge in [-0.25, -0.2) is 9.97 Å². The van der Waals surface area contributed by atoms with Gasteiger partial charge in [0.05, 0.1) is 30.6 Å². The summed E-state index contributed by atoms with van der Waals surface area (Å²) in [6.45, 7) is 1.64. The highest BCUT2D eigenvalue weighted by molar-refractivity contribution is 5.98. The van der Waals surface area contributed by atoms with Crippen LogP contribution in [0.25, 0.3) is 22.4 Å². The molecule has 1 aliphatic carbocycles. The number of oxazole rings is 1. The van der Waals surface area contributed by atoms with Gasteiger partial charge in [-0.3, -0.25) is 14.8 Å². The number of pyridine rings is 1. The van der Waals surface area contributed by atoms with Gasteiger partial charge >= 0.3 is 6.18 Å². The second-order valence-corrected chi connectivity index (χ2v) is 8.73. The number of nitrogens with two attached hydrogens (primary N) is 1. The first-order valence-electron chi connectivity index (χ1n) is 11.6. The van der Waals surface area contributed by atoms with Gasteiger partial charge in [-0.1, -0.05) is 0 Å². The number of halogens is 3. The van der Waals surface area contributed by atoms with E-state index in [1.54, 1.807) is 25.4 Å². The summed E-state index contributed by atoms with van der Waals surface area (Å²) in [5, 5.41) is 3.27. The van der Waals surface area contributed by atoms with E-state index < -0.39 is 23.8 Å². The summed E-state index contributed by atoms with van der Waals surface area (Å²) in [6, 6.07) is 4.17. The Labute approximate surface area is 209 Å². The summed E-state index contributed by atoms with van der Waals surface area (Å²) in [5.74, 6) is -0.179. The maximum absolute atomic E-state index is 13.3. The average Bonchev–Trinajstić information content (AvgIpc) is 3.33. The molecule has 2 atom stereocenters. The summed E-state index contributed by atoms with van der Waals surface area (Å²) >= 11 is 0. The van der Waals surface area contributed by atoms with Crippen LogP contribution in [0.5, 0.6) is 5.75 Å². The van der Waals surface area contributed by atoms with Crippen LogP contribution in [0.2, 0.25) is 0 Å². The minimum Gasteiger partial charge on any atom is -0.494 e. The maximum Gasteiger partial charge on any atom is 0.433 e. The van der Waals surface area contributed by atoms with Gasteiger partial charge in [-0.05, 0) is 50.5 Å². The van der Waals surface area contributed by atoms with Crippen LogP contribution in [0.15, 0.2) is 41.1 Å². The van der Waals surface area contributed by atoms with Gasteiger partial charge in [0.2, 0.25) is 5.89 Å². The van der Waals surface area contributed by atoms with Crippen molar-refractivity contribution in [3.05, 3.63) is 65.2 Å². The van der Waals surface area contributed by atoms with Crippen LogP contribution < -0.4 is 15.8 Å². The van der Waals surface area contributed by atoms with Gasteiger partial charge in [-0.15, -0.1) is 0 Å². The highest BCUT2D eigenvalue weighted by Crippen LogP contribution is 2.37. The fourth-order valence-electron chi connectivity index (χ4n) is 4.46. The number of fused-ring (bicyclic) bond motifs is 2. The summed E-state index contributed by atoms with van der Waals surface area (Å²) in [7, 11) is 1.34. The number of alkyl halides is 3. The molecular formula is C25H23F3N6O3. The Kier molecular flexibility index (Phi) is 6.28. The molecule has 1 unspecified atom stereocenters. The smallest absolute Gasteiger partial charge is 0.433 e. The van der Waals surface area contributed by atoms with E-state index in [2.05, 4.69) is 25.3 Å². The zero-order chi connectivity index (χ0) is 26.3. The molecule has 3 N–H and O–H groups in total. The average molecular weight is 512 g/mol. The molecular weight excluding hydrogens is 489 g/mol. The van der Waals surface area contributed by atoms with Crippen LogP contribution in [-0.4, -0.2) is 33.0 Å². The topological polar surface area (TPSA) is 129 Å². The van der Waals surface area contributed by atoms with Crippen LogP contribution >= 0.6 is 0 Å². The zero-order valence-corrected chi connectivity index (χ0v) is 20.0. The Morgan fingerprint density at radius 2 is 1.97 bits per heavy atom. The molecule has 9 nitrogen and oxygen atoms in total. The Bertz CT molecular complexity index is 1480. The van der Waals surface area contributed by atoms with Gasteiger partial charge in [0, 0.05) is 23.3 Å². The van der Waals surface area contributed by atoms with Crippen molar-refractivity contribution in [2.45, 2.75) is 44.4 Å². The molecule has 0 spiro atoms. The Morgan fingerprint density at radius 1 is 1.19 bits per heavy atom. The normalized spacial score (nSPS) is 16.3.